The van der Waals surface area contributed by atoms with Crippen LogP contribution in [0.15, 0.2) is 12.1 Å². The molecule has 0 aromatic heterocycles. The van der Waals surface area contributed by atoms with Crippen molar-refractivity contribution in [3.8, 4) is 0 Å². The molecule has 0 unspecified atom stereocenters. The van der Waals surface area contributed by atoms with Crippen LogP contribution in [0.3, 0.4) is 0 Å². The summed E-state index contributed by atoms with van der Waals surface area (Å²) in [5.74, 6) is -1.49. The average Bonchev–Trinajstić information content (AvgIpc) is 2.34. The van der Waals surface area contributed by atoms with Gasteiger partial charge in [0.25, 0.3) is 0 Å². The molecular formula is C15H22F2N2O. The highest BCUT2D eigenvalue weighted by Gasteiger charge is 2.19. The summed E-state index contributed by atoms with van der Waals surface area (Å²) < 4.78 is 26.9. The lowest BCUT2D eigenvalue weighted by Gasteiger charge is -2.23. The normalized spacial score (nSPS) is 11.5. The predicted octanol–water partition coefficient (Wildman–Crippen LogP) is 3.37. The van der Waals surface area contributed by atoms with E-state index in [1.54, 1.807) is 0 Å². The summed E-state index contributed by atoms with van der Waals surface area (Å²) in [6.07, 6.45) is 1.71. The van der Waals surface area contributed by atoms with Gasteiger partial charge in [0, 0.05) is 12.5 Å². The first kappa shape index (κ1) is 16.6. The zero-order chi connectivity index (χ0) is 15.3. The van der Waals surface area contributed by atoms with Crippen molar-refractivity contribution in [2.75, 3.05) is 11.9 Å². The Morgan fingerprint density at radius 2 is 1.90 bits per heavy atom. The highest BCUT2D eigenvalue weighted by Crippen LogP contribution is 2.26. The lowest BCUT2D eigenvalue weighted by Crippen LogP contribution is -2.21. The molecule has 0 bridgehead atoms. The molecule has 112 valence electrons. The summed E-state index contributed by atoms with van der Waals surface area (Å²) in [5.41, 5.74) is 5.56. The van der Waals surface area contributed by atoms with E-state index in [0.717, 1.165) is 18.6 Å². The van der Waals surface area contributed by atoms with E-state index in [1.807, 2.05) is 13.8 Å². The number of benzene rings is 1. The summed E-state index contributed by atoms with van der Waals surface area (Å²) in [6.45, 7) is 6.09. The Morgan fingerprint density at radius 3 is 2.50 bits per heavy atom. The van der Waals surface area contributed by atoms with E-state index in [1.165, 1.54) is 6.92 Å². The van der Waals surface area contributed by atoms with E-state index in [4.69, 9.17) is 5.73 Å². The van der Waals surface area contributed by atoms with Crippen LogP contribution in [-0.4, -0.2) is 12.5 Å². The van der Waals surface area contributed by atoms with Crippen LogP contribution in [0.5, 0.6) is 0 Å². The van der Waals surface area contributed by atoms with Crippen LogP contribution in [0.25, 0.3) is 0 Å². The second-order valence-electron chi connectivity index (χ2n) is 5.83. The standard InChI is InChI=1S/C15H22F2N2O/c1-10-8-12(17)13(9-11(10)16)19-14(20)4-5-15(2,3)6-7-18/h8-9H,4-7,18H2,1-3H3,(H,19,20). The third-order valence-corrected chi connectivity index (χ3v) is 3.37. The van der Waals surface area contributed by atoms with Crippen molar-refractivity contribution < 1.29 is 13.6 Å². The largest absolute Gasteiger partial charge is 0.330 e. The zero-order valence-corrected chi connectivity index (χ0v) is 12.2. The van der Waals surface area contributed by atoms with E-state index >= 15 is 0 Å². The highest BCUT2D eigenvalue weighted by molar-refractivity contribution is 5.90. The van der Waals surface area contributed by atoms with Gasteiger partial charge in [-0.05, 0) is 43.4 Å². The quantitative estimate of drug-likeness (QED) is 0.841. The number of amides is 1. The average molecular weight is 284 g/mol. The Balaban J connectivity index is 2.61. The number of nitrogens with two attached hydrogens (primary N) is 1. The van der Waals surface area contributed by atoms with Crippen LogP contribution < -0.4 is 11.1 Å². The van der Waals surface area contributed by atoms with E-state index < -0.39 is 11.6 Å². The number of anilines is 1. The second kappa shape index (κ2) is 6.79. The van der Waals surface area contributed by atoms with Gasteiger partial charge in [-0.1, -0.05) is 13.8 Å². The number of aryl methyl sites for hydroxylation is 1. The van der Waals surface area contributed by atoms with E-state index in [2.05, 4.69) is 5.32 Å². The van der Waals surface area contributed by atoms with Crippen molar-refractivity contribution in [2.45, 2.75) is 40.0 Å². The first-order chi connectivity index (χ1) is 9.25. The van der Waals surface area contributed by atoms with Gasteiger partial charge in [0.05, 0.1) is 5.69 Å². The fourth-order valence-corrected chi connectivity index (χ4v) is 1.92. The number of rotatable bonds is 6. The third-order valence-electron chi connectivity index (χ3n) is 3.37. The number of carbonyl (C=O) groups excluding carboxylic acids is 1. The fourth-order valence-electron chi connectivity index (χ4n) is 1.92. The molecule has 1 rings (SSSR count). The number of carbonyl (C=O) groups is 1. The van der Waals surface area contributed by atoms with Crippen molar-refractivity contribution in [3.63, 3.8) is 0 Å². The van der Waals surface area contributed by atoms with Crippen molar-refractivity contribution in [3.05, 3.63) is 29.3 Å². The number of hydrogen-bond donors (Lipinski definition) is 2. The highest BCUT2D eigenvalue weighted by atomic mass is 19.1. The molecule has 0 saturated carbocycles. The Bertz CT molecular complexity index is 487. The molecule has 0 radical (unpaired) electrons. The predicted molar refractivity (Wildman–Crippen MR) is 76.4 cm³/mol. The Morgan fingerprint density at radius 1 is 1.25 bits per heavy atom. The first-order valence-electron chi connectivity index (χ1n) is 6.71. The van der Waals surface area contributed by atoms with E-state index in [9.17, 15) is 13.6 Å². The van der Waals surface area contributed by atoms with Crippen molar-refractivity contribution in [1.82, 2.24) is 0 Å². The second-order valence-corrected chi connectivity index (χ2v) is 5.83. The summed E-state index contributed by atoms with van der Waals surface area (Å²) in [4.78, 5) is 11.8. The summed E-state index contributed by atoms with van der Waals surface area (Å²) >= 11 is 0. The van der Waals surface area contributed by atoms with Crippen molar-refractivity contribution in [1.29, 1.82) is 0 Å². The molecule has 0 aliphatic heterocycles. The van der Waals surface area contributed by atoms with Crippen LogP contribution in [0.4, 0.5) is 14.5 Å². The summed E-state index contributed by atoms with van der Waals surface area (Å²) in [6, 6.07) is 2.08. The summed E-state index contributed by atoms with van der Waals surface area (Å²) in [7, 11) is 0. The van der Waals surface area contributed by atoms with Crippen LogP contribution in [0.2, 0.25) is 0 Å². The topological polar surface area (TPSA) is 55.1 Å². The molecule has 1 aromatic rings. The molecule has 3 nitrogen and oxygen atoms in total. The van der Waals surface area contributed by atoms with Crippen LogP contribution >= 0.6 is 0 Å². The maximum absolute atomic E-state index is 13.6. The van der Waals surface area contributed by atoms with Gasteiger partial charge in [-0.3, -0.25) is 4.79 Å². The summed E-state index contributed by atoms with van der Waals surface area (Å²) in [5, 5.41) is 2.41. The minimum atomic E-state index is -0.626. The maximum atomic E-state index is 13.6. The molecule has 0 fully saturated rings. The first-order valence-corrected chi connectivity index (χ1v) is 6.71. The lowest BCUT2D eigenvalue weighted by molar-refractivity contribution is -0.116. The van der Waals surface area contributed by atoms with Gasteiger partial charge in [-0.2, -0.15) is 0 Å². The van der Waals surface area contributed by atoms with E-state index in [-0.39, 0.29) is 29.0 Å². The van der Waals surface area contributed by atoms with Gasteiger partial charge in [-0.15, -0.1) is 0 Å². The van der Waals surface area contributed by atoms with Gasteiger partial charge >= 0.3 is 0 Å². The molecule has 0 aliphatic rings. The number of hydrogen-bond acceptors (Lipinski definition) is 2. The lowest BCUT2D eigenvalue weighted by atomic mass is 9.84. The molecule has 5 heteroatoms. The zero-order valence-electron chi connectivity index (χ0n) is 12.2. The third kappa shape index (κ3) is 4.89. The number of nitrogens with one attached hydrogen (secondary N) is 1. The molecule has 0 aliphatic carbocycles. The molecule has 0 saturated heterocycles. The Hall–Kier alpha value is -1.49. The molecular weight excluding hydrogens is 262 g/mol. The molecule has 3 N–H and O–H groups in total. The van der Waals surface area contributed by atoms with Crippen molar-refractivity contribution >= 4 is 11.6 Å². The minimum Gasteiger partial charge on any atom is -0.330 e. The van der Waals surface area contributed by atoms with Gasteiger partial charge in [0.2, 0.25) is 5.91 Å². The minimum absolute atomic E-state index is 0.0385. The molecule has 20 heavy (non-hydrogen) atoms. The Kier molecular flexibility index (Phi) is 5.62. The monoisotopic (exact) mass is 284 g/mol. The molecule has 0 heterocycles. The fraction of sp³-hybridized carbons (Fsp3) is 0.533. The molecule has 1 amide bonds. The molecule has 0 atom stereocenters. The smallest absolute Gasteiger partial charge is 0.224 e. The van der Waals surface area contributed by atoms with Gasteiger partial charge < -0.3 is 11.1 Å². The molecule has 1 aromatic carbocycles. The van der Waals surface area contributed by atoms with Gasteiger partial charge in [0.1, 0.15) is 11.6 Å². The van der Waals surface area contributed by atoms with Crippen LogP contribution in [-0.2, 0) is 4.79 Å². The van der Waals surface area contributed by atoms with Crippen LogP contribution in [0, 0.1) is 24.0 Å². The van der Waals surface area contributed by atoms with Gasteiger partial charge in [-0.25, -0.2) is 8.78 Å². The van der Waals surface area contributed by atoms with Crippen molar-refractivity contribution in [2.24, 2.45) is 11.1 Å². The Labute approximate surface area is 118 Å². The van der Waals surface area contributed by atoms with Crippen LogP contribution in [0.1, 0.15) is 38.7 Å². The maximum Gasteiger partial charge on any atom is 0.224 e. The SMILES string of the molecule is Cc1cc(F)c(NC(=O)CCC(C)(C)CCN)cc1F. The van der Waals surface area contributed by atoms with E-state index in [0.29, 0.717) is 13.0 Å². The number of halogens is 2. The molecule has 0 spiro atoms. The van der Waals surface area contributed by atoms with Gasteiger partial charge in [0.15, 0.2) is 0 Å².